The van der Waals surface area contributed by atoms with Gasteiger partial charge in [-0.15, -0.1) is 0 Å². The normalized spacial score (nSPS) is 15.6. The number of hydrogen-bond acceptors (Lipinski definition) is 2. The first-order valence-corrected chi connectivity index (χ1v) is 5.09. The third-order valence-electron chi connectivity index (χ3n) is 2.49. The van der Waals surface area contributed by atoms with E-state index < -0.39 is 17.5 Å². The largest absolute Gasteiger partial charge is 0.353 e. The molecule has 90 valence electrons. The van der Waals surface area contributed by atoms with Crippen LogP contribution in [0, 0.1) is 11.6 Å². The highest BCUT2D eigenvalue weighted by atomic mass is 19.2. The molecule has 0 unspecified atom stereocenters. The average molecular weight is 240 g/mol. The molecule has 1 aliphatic heterocycles. The highest BCUT2D eigenvalue weighted by Gasteiger charge is 2.22. The van der Waals surface area contributed by atoms with Crippen molar-refractivity contribution in [3.8, 4) is 0 Å². The van der Waals surface area contributed by atoms with Crippen molar-refractivity contribution in [1.29, 1.82) is 0 Å². The van der Waals surface area contributed by atoms with Crippen LogP contribution in [0.15, 0.2) is 18.2 Å². The second kappa shape index (κ2) is 4.48. The summed E-state index contributed by atoms with van der Waals surface area (Å²) in [5.41, 5.74) is 0.0404. The second-order valence-electron chi connectivity index (χ2n) is 3.71. The fourth-order valence-electron chi connectivity index (χ4n) is 1.62. The van der Waals surface area contributed by atoms with E-state index in [2.05, 4.69) is 5.32 Å². The van der Waals surface area contributed by atoms with Gasteiger partial charge in [0.15, 0.2) is 11.6 Å². The van der Waals surface area contributed by atoms with Crippen molar-refractivity contribution in [2.45, 2.75) is 0 Å². The van der Waals surface area contributed by atoms with E-state index in [1.165, 1.54) is 11.0 Å². The zero-order chi connectivity index (χ0) is 12.4. The van der Waals surface area contributed by atoms with E-state index in [0.29, 0.717) is 13.1 Å². The van der Waals surface area contributed by atoms with Crippen LogP contribution in [0.5, 0.6) is 0 Å². The van der Waals surface area contributed by atoms with Gasteiger partial charge in [0.2, 0.25) is 5.91 Å². The fourth-order valence-corrected chi connectivity index (χ4v) is 1.62. The summed E-state index contributed by atoms with van der Waals surface area (Å²) in [6.07, 6.45) is 0. The number of nitrogens with zero attached hydrogens (tertiary/aromatic N) is 1. The van der Waals surface area contributed by atoms with E-state index >= 15 is 0 Å². The minimum atomic E-state index is -1.07. The van der Waals surface area contributed by atoms with Gasteiger partial charge in [-0.3, -0.25) is 9.59 Å². The topological polar surface area (TPSA) is 49.4 Å². The van der Waals surface area contributed by atoms with Crippen molar-refractivity contribution < 1.29 is 18.4 Å². The van der Waals surface area contributed by atoms with Crippen molar-refractivity contribution in [1.82, 2.24) is 10.2 Å². The van der Waals surface area contributed by atoms with E-state index in [4.69, 9.17) is 0 Å². The molecule has 0 saturated carbocycles. The van der Waals surface area contributed by atoms with E-state index in [9.17, 15) is 18.4 Å². The van der Waals surface area contributed by atoms with Gasteiger partial charge >= 0.3 is 0 Å². The molecule has 1 aromatic carbocycles. The minimum absolute atomic E-state index is 0.0404. The molecule has 1 N–H and O–H groups in total. The van der Waals surface area contributed by atoms with Crippen LogP contribution in [0.3, 0.4) is 0 Å². The molecule has 17 heavy (non-hydrogen) atoms. The van der Waals surface area contributed by atoms with E-state index in [-0.39, 0.29) is 18.0 Å². The maximum atomic E-state index is 13.0. The maximum absolute atomic E-state index is 13.0. The van der Waals surface area contributed by atoms with Crippen LogP contribution in [-0.2, 0) is 4.79 Å². The summed E-state index contributed by atoms with van der Waals surface area (Å²) in [5, 5.41) is 2.57. The number of halogens is 2. The van der Waals surface area contributed by atoms with Gasteiger partial charge in [0.1, 0.15) is 0 Å². The summed E-state index contributed by atoms with van der Waals surface area (Å²) in [7, 11) is 0. The first-order chi connectivity index (χ1) is 8.08. The Morgan fingerprint density at radius 1 is 1.29 bits per heavy atom. The lowest BCUT2D eigenvalue weighted by molar-refractivity contribution is -0.123. The van der Waals surface area contributed by atoms with Crippen LogP contribution in [0.1, 0.15) is 10.4 Å². The molecule has 0 bridgehead atoms. The van der Waals surface area contributed by atoms with Crippen molar-refractivity contribution in [3.05, 3.63) is 35.4 Å². The van der Waals surface area contributed by atoms with E-state index in [1.807, 2.05) is 0 Å². The molecule has 2 amide bonds. The molecule has 4 nitrogen and oxygen atoms in total. The van der Waals surface area contributed by atoms with Gasteiger partial charge < -0.3 is 10.2 Å². The van der Waals surface area contributed by atoms with Crippen molar-refractivity contribution in [2.24, 2.45) is 0 Å². The van der Waals surface area contributed by atoms with Gasteiger partial charge in [-0.1, -0.05) is 0 Å². The van der Waals surface area contributed by atoms with Gasteiger partial charge in [-0.25, -0.2) is 8.78 Å². The fraction of sp³-hybridized carbons (Fsp3) is 0.273. The van der Waals surface area contributed by atoms with Crippen LogP contribution < -0.4 is 5.32 Å². The molecular weight excluding hydrogens is 230 g/mol. The molecule has 0 aliphatic carbocycles. The lowest BCUT2D eigenvalue weighted by atomic mass is 10.1. The molecule has 1 fully saturated rings. The summed E-state index contributed by atoms with van der Waals surface area (Å²) in [4.78, 5) is 24.3. The molecule has 2 rings (SSSR count). The Hall–Kier alpha value is -1.98. The van der Waals surface area contributed by atoms with Gasteiger partial charge in [0.25, 0.3) is 5.91 Å². The molecule has 0 aromatic heterocycles. The number of benzene rings is 1. The SMILES string of the molecule is O=C1CN(C(=O)c2ccc(F)c(F)c2)CCN1. The summed E-state index contributed by atoms with van der Waals surface area (Å²) >= 11 is 0. The highest BCUT2D eigenvalue weighted by Crippen LogP contribution is 2.11. The Kier molecular flexibility index (Phi) is 3.03. The number of carbonyl (C=O) groups is 2. The standard InChI is InChI=1S/C11H10F2N2O2/c12-8-2-1-7(5-9(8)13)11(17)15-4-3-14-10(16)6-15/h1-2,5H,3-4,6H2,(H,14,16). The number of rotatable bonds is 1. The van der Waals surface area contributed by atoms with Gasteiger partial charge in [0.05, 0.1) is 6.54 Å². The van der Waals surface area contributed by atoms with Crippen LogP contribution >= 0.6 is 0 Å². The Labute approximate surface area is 96.2 Å². The Morgan fingerprint density at radius 2 is 2.06 bits per heavy atom. The van der Waals surface area contributed by atoms with Crippen molar-refractivity contribution in [3.63, 3.8) is 0 Å². The summed E-state index contributed by atoms with van der Waals surface area (Å²) < 4.78 is 25.7. The average Bonchev–Trinajstić information content (AvgIpc) is 2.32. The molecule has 1 aromatic rings. The van der Waals surface area contributed by atoms with Gasteiger partial charge in [0, 0.05) is 18.7 Å². The first kappa shape index (κ1) is 11.5. The zero-order valence-electron chi connectivity index (χ0n) is 8.87. The predicted molar refractivity (Wildman–Crippen MR) is 55.3 cm³/mol. The van der Waals surface area contributed by atoms with Gasteiger partial charge in [-0.2, -0.15) is 0 Å². The number of carbonyl (C=O) groups excluding carboxylic acids is 2. The number of piperazine rings is 1. The van der Waals surface area contributed by atoms with Crippen molar-refractivity contribution in [2.75, 3.05) is 19.6 Å². The molecule has 1 saturated heterocycles. The van der Waals surface area contributed by atoms with Crippen LogP contribution in [-0.4, -0.2) is 36.3 Å². The summed E-state index contributed by atoms with van der Waals surface area (Å²) in [5.74, 6) is -2.80. The molecule has 1 aliphatic rings. The molecular formula is C11H10F2N2O2. The third kappa shape index (κ3) is 2.41. The number of nitrogens with one attached hydrogen (secondary N) is 1. The number of amides is 2. The van der Waals surface area contributed by atoms with Crippen LogP contribution in [0.25, 0.3) is 0 Å². The monoisotopic (exact) mass is 240 g/mol. The lowest BCUT2D eigenvalue weighted by Gasteiger charge is -2.26. The third-order valence-corrected chi connectivity index (χ3v) is 2.49. The Morgan fingerprint density at radius 3 is 2.71 bits per heavy atom. The maximum Gasteiger partial charge on any atom is 0.254 e. The molecule has 0 spiro atoms. The molecule has 6 heteroatoms. The predicted octanol–water partition coefficient (Wildman–Crippen LogP) is 0.537. The summed E-state index contributed by atoms with van der Waals surface area (Å²) in [6, 6.07) is 2.93. The Bertz CT molecular complexity index is 477. The Balaban J connectivity index is 2.18. The molecule has 0 radical (unpaired) electrons. The quantitative estimate of drug-likeness (QED) is 0.778. The smallest absolute Gasteiger partial charge is 0.254 e. The summed E-state index contributed by atoms with van der Waals surface area (Å²) in [6.45, 7) is 0.676. The first-order valence-electron chi connectivity index (χ1n) is 5.09. The number of hydrogen-bond donors (Lipinski definition) is 1. The molecule has 1 heterocycles. The van der Waals surface area contributed by atoms with Crippen molar-refractivity contribution >= 4 is 11.8 Å². The van der Waals surface area contributed by atoms with E-state index in [0.717, 1.165) is 12.1 Å². The molecule has 0 atom stereocenters. The van der Waals surface area contributed by atoms with Crippen LogP contribution in [0.4, 0.5) is 8.78 Å². The lowest BCUT2D eigenvalue weighted by Crippen LogP contribution is -2.49. The minimum Gasteiger partial charge on any atom is -0.353 e. The van der Waals surface area contributed by atoms with Gasteiger partial charge in [-0.05, 0) is 18.2 Å². The van der Waals surface area contributed by atoms with E-state index in [1.54, 1.807) is 0 Å². The van der Waals surface area contributed by atoms with Crippen LogP contribution in [0.2, 0.25) is 0 Å². The second-order valence-corrected chi connectivity index (χ2v) is 3.71. The highest BCUT2D eigenvalue weighted by molar-refractivity contribution is 5.97. The zero-order valence-corrected chi connectivity index (χ0v) is 8.87.